The molecule has 4 rings (SSSR count). The normalized spacial score (nSPS) is 23.7. The number of carbonyl (C=O) groups is 1. The fraction of sp³-hybridized carbons (Fsp3) is 0.500. The minimum atomic E-state index is 0.0397. The third-order valence-corrected chi connectivity index (χ3v) is 5.25. The summed E-state index contributed by atoms with van der Waals surface area (Å²) in [6.45, 7) is 8.01. The average Bonchev–Trinajstić information content (AvgIpc) is 3.02. The molecule has 2 fully saturated rings. The summed E-state index contributed by atoms with van der Waals surface area (Å²) >= 11 is 0. The third kappa shape index (κ3) is 3.90. The minimum absolute atomic E-state index is 0.0397. The van der Waals surface area contributed by atoms with Gasteiger partial charge in [0, 0.05) is 44.2 Å². The predicted molar refractivity (Wildman–Crippen MR) is 97.4 cm³/mol. The first-order valence-corrected chi connectivity index (χ1v) is 9.30. The average molecular weight is 355 g/mol. The Morgan fingerprint density at radius 3 is 2.73 bits per heavy atom. The van der Waals surface area contributed by atoms with Crippen LogP contribution >= 0.6 is 0 Å². The Kier molecular flexibility index (Phi) is 4.68. The highest BCUT2D eigenvalue weighted by molar-refractivity contribution is 5.91. The van der Waals surface area contributed by atoms with Gasteiger partial charge in [0.05, 0.1) is 12.2 Å². The Morgan fingerprint density at radius 1 is 1.31 bits per heavy atom. The highest BCUT2D eigenvalue weighted by Gasteiger charge is 2.36. The monoisotopic (exact) mass is 355 g/mol. The second-order valence-corrected chi connectivity index (χ2v) is 7.43. The first kappa shape index (κ1) is 17.1. The topological polar surface area (TPSA) is 62.7 Å². The summed E-state index contributed by atoms with van der Waals surface area (Å²) in [5.74, 6) is 4.00. The molecule has 3 heterocycles. The van der Waals surface area contributed by atoms with E-state index in [0.29, 0.717) is 5.92 Å². The zero-order valence-electron chi connectivity index (χ0n) is 15.4. The van der Waals surface area contributed by atoms with Gasteiger partial charge in [-0.2, -0.15) is 0 Å². The van der Waals surface area contributed by atoms with Crippen LogP contribution in [0.3, 0.4) is 0 Å². The number of rotatable bonds is 5. The lowest BCUT2D eigenvalue weighted by atomic mass is 10.2. The summed E-state index contributed by atoms with van der Waals surface area (Å²) in [5, 5.41) is 3.91. The molecule has 0 aromatic carbocycles. The minimum Gasteiger partial charge on any atom is -0.461 e. The maximum Gasteiger partial charge on any atom is 0.246 e. The molecule has 26 heavy (non-hydrogen) atoms. The van der Waals surface area contributed by atoms with Gasteiger partial charge in [-0.3, -0.25) is 9.69 Å². The van der Waals surface area contributed by atoms with E-state index in [4.69, 9.17) is 8.94 Å². The van der Waals surface area contributed by atoms with Crippen LogP contribution in [0.5, 0.6) is 0 Å². The smallest absolute Gasteiger partial charge is 0.246 e. The zero-order chi connectivity index (χ0) is 18.1. The molecule has 1 amide bonds. The number of hydrogen-bond donors (Lipinski definition) is 0. The number of furan rings is 1. The van der Waals surface area contributed by atoms with Crippen molar-refractivity contribution in [2.75, 3.05) is 26.2 Å². The quantitative estimate of drug-likeness (QED) is 0.772. The Balaban J connectivity index is 1.26. The van der Waals surface area contributed by atoms with Crippen LogP contribution in [0.1, 0.15) is 42.2 Å². The molecule has 2 aliphatic rings. The van der Waals surface area contributed by atoms with Gasteiger partial charge in [0.25, 0.3) is 0 Å². The van der Waals surface area contributed by atoms with E-state index in [9.17, 15) is 4.79 Å². The number of hydrogen-bond acceptors (Lipinski definition) is 5. The van der Waals surface area contributed by atoms with E-state index in [1.165, 1.54) is 6.42 Å². The highest BCUT2D eigenvalue weighted by atomic mass is 16.5. The van der Waals surface area contributed by atoms with Crippen LogP contribution in [-0.2, 0) is 11.3 Å². The van der Waals surface area contributed by atoms with Gasteiger partial charge in [0.2, 0.25) is 5.91 Å². The molecule has 6 nitrogen and oxygen atoms in total. The van der Waals surface area contributed by atoms with Crippen molar-refractivity contribution in [2.24, 2.45) is 5.92 Å². The van der Waals surface area contributed by atoms with Gasteiger partial charge in [-0.05, 0) is 37.5 Å². The molecular formula is C20H25N3O3. The van der Waals surface area contributed by atoms with Crippen LogP contribution in [0.15, 0.2) is 33.2 Å². The molecule has 2 atom stereocenters. The molecule has 0 N–H and O–H groups in total. The van der Waals surface area contributed by atoms with Crippen LogP contribution in [0.4, 0.5) is 0 Å². The van der Waals surface area contributed by atoms with E-state index in [-0.39, 0.29) is 5.91 Å². The number of piperazine rings is 1. The number of nitrogens with zero attached hydrogens (tertiary/aromatic N) is 3. The van der Waals surface area contributed by atoms with E-state index in [1.807, 2.05) is 30.0 Å². The van der Waals surface area contributed by atoms with E-state index in [0.717, 1.165) is 61.6 Å². The fourth-order valence-electron chi connectivity index (χ4n) is 3.47. The maximum atomic E-state index is 12.4. The van der Waals surface area contributed by atoms with Crippen molar-refractivity contribution in [3.05, 3.63) is 47.2 Å². The number of amides is 1. The summed E-state index contributed by atoms with van der Waals surface area (Å²) in [4.78, 5) is 16.6. The van der Waals surface area contributed by atoms with Crippen molar-refractivity contribution in [3.8, 4) is 0 Å². The number of aryl methyl sites for hydroxylation is 1. The van der Waals surface area contributed by atoms with E-state index < -0.39 is 0 Å². The molecule has 138 valence electrons. The van der Waals surface area contributed by atoms with Gasteiger partial charge in [-0.25, -0.2) is 0 Å². The Morgan fingerprint density at radius 2 is 2.08 bits per heavy atom. The van der Waals surface area contributed by atoms with Crippen molar-refractivity contribution in [1.29, 1.82) is 0 Å². The first-order chi connectivity index (χ1) is 12.6. The maximum absolute atomic E-state index is 12.4. The molecule has 1 saturated heterocycles. The van der Waals surface area contributed by atoms with E-state index in [1.54, 1.807) is 12.2 Å². The third-order valence-electron chi connectivity index (χ3n) is 5.25. The van der Waals surface area contributed by atoms with Crippen LogP contribution in [0.2, 0.25) is 0 Å². The molecule has 1 aliphatic heterocycles. The predicted octanol–water partition coefficient (Wildman–Crippen LogP) is 3.06. The largest absolute Gasteiger partial charge is 0.461 e. The van der Waals surface area contributed by atoms with Crippen molar-refractivity contribution < 1.29 is 13.7 Å². The van der Waals surface area contributed by atoms with Gasteiger partial charge in [-0.15, -0.1) is 0 Å². The molecule has 0 radical (unpaired) electrons. The van der Waals surface area contributed by atoms with Crippen molar-refractivity contribution in [2.45, 2.75) is 32.7 Å². The van der Waals surface area contributed by atoms with E-state index >= 15 is 0 Å². The van der Waals surface area contributed by atoms with Crippen molar-refractivity contribution >= 4 is 12.0 Å². The lowest BCUT2D eigenvalue weighted by Crippen LogP contribution is -2.47. The van der Waals surface area contributed by atoms with Gasteiger partial charge < -0.3 is 13.8 Å². The number of carbonyl (C=O) groups excluding carboxylic acids is 1. The van der Waals surface area contributed by atoms with Gasteiger partial charge >= 0.3 is 0 Å². The molecule has 2 aromatic rings. The molecule has 0 spiro atoms. The summed E-state index contributed by atoms with van der Waals surface area (Å²) in [5.41, 5.74) is 0.899. The highest BCUT2D eigenvalue weighted by Crippen LogP contribution is 2.47. The lowest BCUT2D eigenvalue weighted by Gasteiger charge is -2.33. The van der Waals surface area contributed by atoms with E-state index in [2.05, 4.69) is 17.0 Å². The molecule has 1 saturated carbocycles. The van der Waals surface area contributed by atoms with Crippen LogP contribution in [0.25, 0.3) is 6.08 Å². The lowest BCUT2D eigenvalue weighted by molar-refractivity contribution is -0.127. The van der Waals surface area contributed by atoms with Crippen LogP contribution in [0, 0.1) is 12.8 Å². The molecule has 2 unspecified atom stereocenters. The number of aromatic nitrogens is 1. The SMILES string of the molecule is Cc1cc(CN2CCN(C(=O)/C=C/c3ccc(C4CC4C)o3)CC2)on1. The van der Waals surface area contributed by atoms with Gasteiger partial charge in [-0.1, -0.05) is 12.1 Å². The fourth-order valence-corrected chi connectivity index (χ4v) is 3.47. The standard InChI is InChI=1S/C20H25N3O3/c1-14-11-18(14)19-5-3-16(25-19)4-6-20(24)23-9-7-22(8-10-23)13-17-12-15(2)21-26-17/h3-6,12,14,18H,7-11,13H2,1-2H3/b6-4+. The molecule has 1 aliphatic carbocycles. The van der Waals surface area contributed by atoms with Gasteiger partial charge in [0.1, 0.15) is 11.5 Å². The summed E-state index contributed by atoms with van der Waals surface area (Å²) in [6.07, 6.45) is 4.60. The van der Waals surface area contributed by atoms with Crippen molar-refractivity contribution in [3.63, 3.8) is 0 Å². The zero-order valence-corrected chi connectivity index (χ0v) is 15.4. The second-order valence-electron chi connectivity index (χ2n) is 7.43. The van der Waals surface area contributed by atoms with Crippen LogP contribution in [-0.4, -0.2) is 47.0 Å². The molecule has 2 aromatic heterocycles. The summed E-state index contributed by atoms with van der Waals surface area (Å²) in [6, 6.07) is 5.93. The van der Waals surface area contributed by atoms with Crippen LogP contribution < -0.4 is 0 Å². The second kappa shape index (κ2) is 7.11. The Hall–Kier alpha value is -2.34. The molecule has 0 bridgehead atoms. The molecule has 6 heteroatoms. The Bertz CT molecular complexity index is 799. The van der Waals surface area contributed by atoms with Gasteiger partial charge in [0.15, 0.2) is 5.76 Å². The Labute approximate surface area is 153 Å². The first-order valence-electron chi connectivity index (χ1n) is 9.30. The summed E-state index contributed by atoms with van der Waals surface area (Å²) < 4.78 is 11.1. The summed E-state index contributed by atoms with van der Waals surface area (Å²) in [7, 11) is 0. The van der Waals surface area contributed by atoms with Crippen molar-refractivity contribution in [1.82, 2.24) is 15.0 Å². The molecular weight excluding hydrogens is 330 g/mol.